The first-order valence-electron chi connectivity index (χ1n) is 12.4. The minimum absolute atomic E-state index is 0.135. The number of ether oxygens (including phenoxy) is 2. The number of pyridine rings is 1. The zero-order valence-corrected chi connectivity index (χ0v) is 21.9. The van der Waals surface area contributed by atoms with Crippen LogP contribution >= 0.6 is 0 Å². The van der Waals surface area contributed by atoms with Gasteiger partial charge in [0.25, 0.3) is 0 Å². The highest BCUT2D eigenvalue weighted by atomic mass is 19.4. The highest BCUT2D eigenvalue weighted by Gasteiger charge is 2.30. The number of carbonyl (C=O) groups is 1. The van der Waals surface area contributed by atoms with E-state index in [4.69, 9.17) is 9.47 Å². The summed E-state index contributed by atoms with van der Waals surface area (Å²) in [6, 6.07) is 23.8. The molecule has 0 saturated carbocycles. The Bertz CT molecular complexity index is 1430. The van der Waals surface area contributed by atoms with Crippen LogP contribution in [0, 0.1) is 0 Å². The van der Waals surface area contributed by atoms with E-state index in [-0.39, 0.29) is 6.54 Å². The highest BCUT2D eigenvalue weighted by molar-refractivity contribution is 5.78. The number of alkyl halides is 3. The molecule has 3 aromatic carbocycles. The van der Waals surface area contributed by atoms with Crippen molar-refractivity contribution in [2.75, 3.05) is 0 Å². The molecule has 4 aromatic rings. The van der Waals surface area contributed by atoms with Crippen molar-refractivity contribution in [2.45, 2.75) is 45.7 Å². The fraction of sp³-hybridized carbons (Fsp3) is 0.226. The van der Waals surface area contributed by atoms with Gasteiger partial charge in [-0.15, -0.1) is 0 Å². The van der Waals surface area contributed by atoms with Crippen molar-refractivity contribution in [3.63, 3.8) is 0 Å². The maximum absolute atomic E-state index is 13.4. The number of halogens is 3. The zero-order chi connectivity index (χ0) is 28.0. The fourth-order valence-corrected chi connectivity index (χ4v) is 3.89. The van der Waals surface area contributed by atoms with E-state index in [2.05, 4.69) is 10.3 Å². The van der Waals surface area contributed by atoms with Crippen LogP contribution < -0.4 is 10.1 Å². The van der Waals surface area contributed by atoms with Gasteiger partial charge in [0.05, 0.1) is 17.8 Å². The van der Waals surface area contributed by atoms with E-state index >= 15 is 0 Å². The maximum Gasteiger partial charge on any atom is 0.416 e. The largest absolute Gasteiger partial charge is 0.488 e. The van der Waals surface area contributed by atoms with Crippen molar-refractivity contribution >= 4 is 6.09 Å². The van der Waals surface area contributed by atoms with Crippen molar-refractivity contribution in [1.82, 2.24) is 10.3 Å². The number of amides is 1. The normalized spacial score (nSPS) is 11.6. The monoisotopic (exact) mass is 534 g/mol. The molecule has 0 spiro atoms. The second kappa shape index (κ2) is 11.6. The summed E-state index contributed by atoms with van der Waals surface area (Å²) in [5, 5.41) is 2.69. The molecule has 202 valence electrons. The SMILES string of the molecule is CC(C)(C)OC(=O)NCc1cc(-c2cc(-c3cccc(C(F)(F)F)c3)ccc2OCc2ccccc2)ccn1. The third-order valence-corrected chi connectivity index (χ3v) is 5.68. The second-order valence-corrected chi connectivity index (χ2v) is 9.96. The van der Waals surface area contributed by atoms with E-state index in [1.807, 2.05) is 30.3 Å². The summed E-state index contributed by atoms with van der Waals surface area (Å²) < 4.78 is 51.5. The average molecular weight is 535 g/mol. The molecule has 1 amide bonds. The Hall–Kier alpha value is -4.33. The van der Waals surface area contributed by atoms with Crippen LogP contribution in [0.4, 0.5) is 18.0 Å². The minimum atomic E-state index is -4.45. The summed E-state index contributed by atoms with van der Waals surface area (Å²) in [5.41, 5.74) is 2.66. The van der Waals surface area contributed by atoms with Crippen molar-refractivity contribution in [2.24, 2.45) is 0 Å². The van der Waals surface area contributed by atoms with Gasteiger partial charge in [-0.05, 0) is 79.4 Å². The first-order valence-corrected chi connectivity index (χ1v) is 12.4. The van der Waals surface area contributed by atoms with Crippen LogP contribution in [0.3, 0.4) is 0 Å². The van der Waals surface area contributed by atoms with Gasteiger partial charge in [-0.2, -0.15) is 13.2 Å². The lowest BCUT2D eigenvalue weighted by molar-refractivity contribution is -0.137. The molecule has 0 atom stereocenters. The summed E-state index contributed by atoms with van der Waals surface area (Å²) in [4.78, 5) is 16.4. The van der Waals surface area contributed by atoms with Crippen LogP contribution in [-0.2, 0) is 24.1 Å². The fourth-order valence-electron chi connectivity index (χ4n) is 3.89. The van der Waals surface area contributed by atoms with Crippen molar-refractivity contribution in [3.8, 4) is 28.0 Å². The predicted molar refractivity (Wildman–Crippen MR) is 144 cm³/mol. The Morgan fingerprint density at radius 1 is 0.846 bits per heavy atom. The molecule has 0 saturated heterocycles. The van der Waals surface area contributed by atoms with Crippen molar-refractivity contribution in [1.29, 1.82) is 0 Å². The molecule has 0 unspecified atom stereocenters. The Kier molecular flexibility index (Phi) is 8.24. The van der Waals surface area contributed by atoms with Crippen LogP contribution in [0.5, 0.6) is 5.75 Å². The second-order valence-electron chi connectivity index (χ2n) is 9.96. The molecule has 5 nitrogen and oxygen atoms in total. The molecule has 0 aliphatic rings. The third kappa shape index (κ3) is 7.83. The zero-order valence-electron chi connectivity index (χ0n) is 21.9. The van der Waals surface area contributed by atoms with Gasteiger partial charge in [-0.1, -0.05) is 48.5 Å². The van der Waals surface area contributed by atoms with Gasteiger partial charge < -0.3 is 14.8 Å². The van der Waals surface area contributed by atoms with E-state index in [1.54, 1.807) is 63.4 Å². The highest BCUT2D eigenvalue weighted by Crippen LogP contribution is 2.37. The smallest absolute Gasteiger partial charge is 0.416 e. The molecule has 39 heavy (non-hydrogen) atoms. The average Bonchev–Trinajstić information content (AvgIpc) is 2.90. The Morgan fingerprint density at radius 3 is 2.31 bits per heavy atom. The third-order valence-electron chi connectivity index (χ3n) is 5.68. The van der Waals surface area contributed by atoms with Gasteiger partial charge in [-0.25, -0.2) is 4.79 Å². The summed E-state index contributed by atoms with van der Waals surface area (Å²) in [6.07, 6.45) is -3.40. The first-order chi connectivity index (χ1) is 18.5. The van der Waals surface area contributed by atoms with E-state index in [0.717, 1.165) is 23.3 Å². The lowest BCUT2D eigenvalue weighted by Crippen LogP contribution is -2.32. The topological polar surface area (TPSA) is 60.5 Å². The molecule has 8 heteroatoms. The molecule has 1 heterocycles. The molecular weight excluding hydrogens is 505 g/mol. The molecule has 1 aromatic heterocycles. The summed E-state index contributed by atoms with van der Waals surface area (Å²) >= 11 is 0. The molecule has 4 rings (SSSR count). The molecule has 1 N–H and O–H groups in total. The standard InChI is InChI=1S/C31H29F3N2O3/c1-30(2,3)39-29(37)36-19-26-17-24(14-15-35-26)27-18-23(22-10-7-11-25(16-22)31(32,33)34)12-13-28(27)38-20-21-8-5-4-6-9-21/h4-18H,19-20H2,1-3H3,(H,36,37). The number of benzene rings is 3. The molecule has 0 radical (unpaired) electrons. The molecule has 0 fully saturated rings. The van der Waals surface area contributed by atoms with Gasteiger partial charge in [0.15, 0.2) is 0 Å². The molecule has 0 aliphatic carbocycles. The number of hydrogen-bond donors (Lipinski definition) is 1. The van der Waals surface area contributed by atoms with Crippen LogP contribution in [0.15, 0.2) is 91.1 Å². The molecule has 0 bridgehead atoms. The van der Waals surface area contributed by atoms with Gasteiger partial charge in [0.2, 0.25) is 0 Å². The van der Waals surface area contributed by atoms with Crippen LogP contribution in [-0.4, -0.2) is 16.7 Å². The Balaban J connectivity index is 1.67. The van der Waals surface area contributed by atoms with Crippen LogP contribution in [0.25, 0.3) is 22.3 Å². The summed E-state index contributed by atoms with van der Waals surface area (Å²) in [6.45, 7) is 5.78. The van der Waals surface area contributed by atoms with Crippen molar-refractivity contribution in [3.05, 3.63) is 108 Å². The number of alkyl carbamates (subject to hydrolysis) is 1. The molecule has 0 aliphatic heterocycles. The van der Waals surface area contributed by atoms with Gasteiger partial charge in [0, 0.05) is 11.8 Å². The Morgan fingerprint density at radius 2 is 1.59 bits per heavy atom. The number of hydrogen-bond acceptors (Lipinski definition) is 4. The van der Waals surface area contributed by atoms with Crippen LogP contribution in [0.1, 0.15) is 37.6 Å². The Labute approximate surface area is 225 Å². The van der Waals surface area contributed by atoms with Gasteiger partial charge >= 0.3 is 12.3 Å². The van der Waals surface area contributed by atoms with Gasteiger partial charge in [-0.3, -0.25) is 4.98 Å². The lowest BCUT2D eigenvalue weighted by Gasteiger charge is -2.19. The van der Waals surface area contributed by atoms with Crippen molar-refractivity contribution < 1.29 is 27.4 Å². The number of nitrogens with one attached hydrogen (secondary N) is 1. The number of rotatable bonds is 7. The van der Waals surface area contributed by atoms with E-state index in [9.17, 15) is 18.0 Å². The summed E-state index contributed by atoms with van der Waals surface area (Å²) in [5.74, 6) is 0.562. The number of carbonyl (C=O) groups excluding carboxylic acids is 1. The summed E-state index contributed by atoms with van der Waals surface area (Å²) in [7, 11) is 0. The predicted octanol–water partition coefficient (Wildman–Crippen LogP) is 8.04. The van der Waals surface area contributed by atoms with Crippen LogP contribution in [0.2, 0.25) is 0 Å². The number of nitrogens with zero attached hydrogens (tertiary/aromatic N) is 1. The maximum atomic E-state index is 13.4. The lowest BCUT2D eigenvalue weighted by atomic mass is 9.97. The van der Waals surface area contributed by atoms with E-state index in [0.29, 0.717) is 34.7 Å². The minimum Gasteiger partial charge on any atom is -0.488 e. The van der Waals surface area contributed by atoms with E-state index in [1.165, 1.54) is 6.07 Å². The first kappa shape index (κ1) is 27.7. The number of aromatic nitrogens is 1. The van der Waals surface area contributed by atoms with Gasteiger partial charge in [0.1, 0.15) is 18.0 Å². The quantitative estimate of drug-likeness (QED) is 0.261. The van der Waals surface area contributed by atoms with E-state index < -0.39 is 23.4 Å². The molecular formula is C31H29F3N2O3.